The van der Waals surface area contributed by atoms with Crippen LogP contribution >= 0.6 is 0 Å². The van der Waals surface area contributed by atoms with Gasteiger partial charge in [0.15, 0.2) is 6.04 Å². The van der Waals surface area contributed by atoms with Crippen molar-refractivity contribution < 1.29 is 19.4 Å². The van der Waals surface area contributed by atoms with E-state index in [0.29, 0.717) is 16.9 Å². The van der Waals surface area contributed by atoms with E-state index < -0.39 is 23.5 Å². The van der Waals surface area contributed by atoms with Gasteiger partial charge in [0.05, 0.1) is 18.8 Å². The van der Waals surface area contributed by atoms with Crippen molar-refractivity contribution in [1.82, 2.24) is 0 Å². The molecule has 1 amide bonds. The monoisotopic (exact) mass is 416 g/mol. The van der Waals surface area contributed by atoms with Gasteiger partial charge in [-0.05, 0) is 30.7 Å². The summed E-state index contributed by atoms with van der Waals surface area (Å²) in [6, 6.07) is 24.2. The van der Waals surface area contributed by atoms with Crippen molar-refractivity contribution in [3.8, 4) is 0 Å². The average molecular weight is 416 g/mol. The number of hydrogen-bond donors (Lipinski definition) is 2. The third-order valence-electron chi connectivity index (χ3n) is 5.39. The second kappa shape index (κ2) is 8.62. The Morgan fingerprint density at radius 3 is 2.29 bits per heavy atom. The van der Waals surface area contributed by atoms with Gasteiger partial charge in [-0.15, -0.1) is 0 Å². The van der Waals surface area contributed by atoms with Crippen molar-refractivity contribution in [2.75, 3.05) is 16.8 Å². The van der Waals surface area contributed by atoms with Gasteiger partial charge in [0.2, 0.25) is 5.60 Å². The van der Waals surface area contributed by atoms with Crippen molar-refractivity contribution in [3.63, 3.8) is 0 Å². The molecule has 3 aromatic carbocycles. The summed E-state index contributed by atoms with van der Waals surface area (Å²) in [4.78, 5) is 28.1. The van der Waals surface area contributed by atoms with Gasteiger partial charge in [-0.3, -0.25) is 4.79 Å². The molecule has 0 saturated carbocycles. The van der Waals surface area contributed by atoms with Crippen LogP contribution in [0.2, 0.25) is 0 Å². The molecule has 2 atom stereocenters. The zero-order chi connectivity index (χ0) is 21.8. The van der Waals surface area contributed by atoms with E-state index in [2.05, 4.69) is 5.32 Å². The summed E-state index contributed by atoms with van der Waals surface area (Å²) in [5.74, 6) is -1.27. The Hall–Kier alpha value is -3.64. The number of ether oxygens (including phenoxy) is 1. The summed E-state index contributed by atoms with van der Waals surface area (Å²) in [7, 11) is 0. The number of amides is 1. The highest BCUT2D eigenvalue weighted by atomic mass is 16.5. The number of anilines is 2. The molecule has 3 aromatic rings. The second-order valence-corrected chi connectivity index (χ2v) is 7.36. The summed E-state index contributed by atoms with van der Waals surface area (Å²) < 4.78 is 5.24. The quantitative estimate of drug-likeness (QED) is 0.577. The number of rotatable bonds is 7. The molecule has 31 heavy (non-hydrogen) atoms. The first kappa shape index (κ1) is 20.6. The maximum Gasteiger partial charge on any atom is 0.332 e. The standard InChI is InChI=1S/C25H24N2O4/c1-2-31-23(28)22(26-19-13-7-4-8-14-19)25(30)20-15-9-10-16-21(20)27(24(25)29)17-18-11-5-3-6-12-18/h3-16,22,26,30H,2,17H2,1H3/t22-,25-/m1/s1. The maximum atomic E-state index is 13.7. The van der Waals surface area contributed by atoms with Gasteiger partial charge in [0.1, 0.15) is 0 Å². The lowest BCUT2D eigenvalue weighted by atomic mass is 9.87. The van der Waals surface area contributed by atoms with E-state index in [1.165, 1.54) is 4.90 Å². The Morgan fingerprint density at radius 1 is 1.00 bits per heavy atom. The van der Waals surface area contributed by atoms with Crippen molar-refractivity contribution in [3.05, 3.63) is 96.1 Å². The van der Waals surface area contributed by atoms with E-state index >= 15 is 0 Å². The van der Waals surface area contributed by atoms with Crippen molar-refractivity contribution in [2.45, 2.75) is 25.1 Å². The van der Waals surface area contributed by atoms with Gasteiger partial charge in [-0.1, -0.05) is 66.7 Å². The summed E-state index contributed by atoms with van der Waals surface area (Å²) in [5, 5.41) is 14.9. The minimum Gasteiger partial charge on any atom is -0.464 e. The largest absolute Gasteiger partial charge is 0.464 e. The molecule has 158 valence electrons. The highest BCUT2D eigenvalue weighted by molar-refractivity contribution is 6.10. The molecule has 0 unspecified atom stereocenters. The third-order valence-corrected chi connectivity index (χ3v) is 5.39. The number of hydrogen-bond acceptors (Lipinski definition) is 5. The molecule has 6 heteroatoms. The molecule has 1 aliphatic rings. The summed E-state index contributed by atoms with van der Waals surface area (Å²) in [6.07, 6.45) is 0. The number of esters is 1. The molecule has 0 spiro atoms. The van der Waals surface area contributed by atoms with E-state index in [1.54, 1.807) is 55.5 Å². The van der Waals surface area contributed by atoms with E-state index in [4.69, 9.17) is 4.74 Å². The first-order chi connectivity index (χ1) is 15.1. The fourth-order valence-corrected chi connectivity index (χ4v) is 3.92. The fourth-order valence-electron chi connectivity index (χ4n) is 3.92. The molecular weight excluding hydrogens is 392 g/mol. The van der Waals surface area contributed by atoms with Crippen LogP contribution in [0.25, 0.3) is 0 Å². The van der Waals surface area contributed by atoms with E-state index in [9.17, 15) is 14.7 Å². The Bertz CT molecular complexity index is 1070. The molecule has 0 bridgehead atoms. The van der Waals surface area contributed by atoms with Crippen LogP contribution in [-0.2, 0) is 26.5 Å². The number of nitrogens with one attached hydrogen (secondary N) is 1. The lowest BCUT2D eigenvalue weighted by Gasteiger charge is -2.31. The van der Waals surface area contributed by atoms with Crippen LogP contribution < -0.4 is 10.2 Å². The van der Waals surface area contributed by atoms with Gasteiger partial charge in [0, 0.05) is 11.3 Å². The van der Waals surface area contributed by atoms with Crippen molar-refractivity contribution >= 4 is 23.3 Å². The molecular formula is C25H24N2O4. The van der Waals surface area contributed by atoms with Gasteiger partial charge in [-0.2, -0.15) is 0 Å². The number of aliphatic hydroxyl groups is 1. The topological polar surface area (TPSA) is 78.9 Å². The van der Waals surface area contributed by atoms with E-state index in [0.717, 1.165) is 5.56 Å². The number of carbonyl (C=O) groups excluding carboxylic acids is 2. The molecule has 2 N–H and O–H groups in total. The third kappa shape index (κ3) is 3.78. The van der Waals surface area contributed by atoms with Crippen LogP contribution in [0, 0.1) is 0 Å². The average Bonchev–Trinajstić information content (AvgIpc) is 3.02. The molecule has 0 radical (unpaired) electrons. The number of benzene rings is 3. The highest BCUT2D eigenvalue weighted by Crippen LogP contribution is 2.44. The van der Waals surface area contributed by atoms with Gasteiger partial charge >= 0.3 is 5.97 Å². The van der Waals surface area contributed by atoms with E-state index in [-0.39, 0.29) is 13.2 Å². The summed E-state index contributed by atoms with van der Waals surface area (Å²) in [6.45, 7) is 2.10. The first-order valence-electron chi connectivity index (χ1n) is 10.2. The summed E-state index contributed by atoms with van der Waals surface area (Å²) in [5.41, 5.74) is 0.341. The van der Waals surface area contributed by atoms with Crippen LogP contribution in [0.4, 0.5) is 11.4 Å². The van der Waals surface area contributed by atoms with Crippen molar-refractivity contribution in [1.29, 1.82) is 0 Å². The van der Waals surface area contributed by atoms with Crippen LogP contribution in [-0.4, -0.2) is 29.6 Å². The molecule has 0 aromatic heterocycles. The maximum absolute atomic E-state index is 13.7. The van der Waals surface area contributed by atoms with Gasteiger partial charge in [-0.25, -0.2) is 4.79 Å². The minimum atomic E-state index is -2.12. The van der Waals surface area contributed by atoms with Crippen LogP contribution in [0.5, 0.6) is 0 Å². The Kier molecular flexibility index (Phi) is 5.73. The molecule has 1 heterocycles. The SMILES string of the molecule is CCOC(=O)[C@@H](Nc1ccccc1)[C@@]1(O)C(=O)N(Cc2ccccc2)c2ccccc21. The lowest BCUT2D eigenvalue weighted by molar-refractivity contribution is -0.156. The van der Waals surface area contributed by atoms with Crippen LogP contribution in [0.1, 0.15) is 18.1 Å². The highest BCUT2D eigenvalue weighted by Gasteiger charge is 2.58. The predicted molar refractivity (Wildman–Crippen MR) is 118 cm³/mol. The number of carbonyl (C=O) groups is 2. The first-order valence-corrected chi connectivity index (χ1v) is 10.2. The van der Waals surface area contributed by atoms with Crippen LogP contribution in [0.15, 0.2) is 84.9 Å². The van der Waals surface area contributed by atoms with Gasteiger partial charge in [0.25, 0.3) is 5.91 Å². The second-order valence-electron chi connectivity index (χ2n) is 7.36. The number of nitrogens with zero attached hydrogens (tertiary/aromatic N) is 1. The Morgan fingerprint density at radius 2 is 1.61 bits per heavy atom. The smallest absolute Gasteiger partial charge is 0.332 e. The number of para-hydroxylation sites is 2. The molecule has 1 aliphatic heterocycles. The van der Waals surface area contributed by atoms with Crippen molar-refractivity contribution in [2.24, 2.45) is 0 Å². The fraction of sp³-hybridized carbons (Fsp3) is 0.200. The summed E-state index contributed by atoms with van der Waals surface area (Å²) >= 11 is 0. The lowest BCUT2D eigenvalue weighted by Crippen LogP contribution is -2.55. The molecule has 6 nitrogen and oxygen atoms in total. The van der Waals surface area contributed by atoms with Crippen LogP contribution in [0.3, 0.4) is 0 Å². The normalized spacial score (nSPS) is 18.4. The molecule has 4 rings (SSSR count). The van der Waals surface area contributed by atoms with E-state index in [1.807, 2.05) is 36.4 Å². The zero-order valence-corrected chi connectivity index (χ0v) is 17.2. The molecule has 0 fully saturated rings. The van der Waals surface area contributed by atoms with Gasteiger partial charge < -0.3 is 20.1 Å². The minimum absolute atomic E-state index is 0.130. The Balaban J connectivity index is 1.78. The molecule has 0 saturated heterocycles. The number of fused-ring (bicyclic) bond motifs is 1. The zero-order valence-electron chi connectivity index (χ0n) is 17.2. The predicted octanol–water partition coefficient (Wildman–Crippen LogP) is 3.46. The molecule has 0 aliphatic carbocycles. The Labute approximate surface area is 181 Å².